The molecule has 0 unspecified atom stereocenters. The van der Waals surface area contributed by atoms with Crippen LogP contribution in [0.5, 0.6) is 0 Å². The van der Waals surface area contributed by atoms with E-state index in [4.69, 9.17) is 10.5 Å². The summed E-state index contributed by atoms with van der Waals surface area (Å²) in [5.41, 5.74) is 5.61. The van der Waals surface area contributed by atoms with Gasteiger partial charge in [0.15, 0.2) is 0 Å². The minimum Gasteiger partial charge on any atom is -0.443 e. The topological polar surface area (TPSA) is 55.6 Å². The second-order valence-corrected chi connectivity index (χ2v) is 4.22. The first kappa shape index (κ1) is 11.4. The van der Waals surface area contributed by atoms with E-state index in [1.54, 1.807) is 24.4 Å². The van der Waals surface area contributed by atoms with Crippen LogP contribution in [0.25, 0.3) is 0 Å². The van der Waals surface area contributed by atoms with Crippen LogP contribution in [-0.4, -0.2) is 16.6 Å². The number of carbonyl (C=O) groups is 1. The van der Waals surface area contributed by atoms with E-state index in [9.17, 15) is 4.79 Å². The number of carbonyl (C=O) groups excluding carboxylic acids is 1. The molecule has 0 atom stereocenters. The first-order chi connectivity index (χ1) is 6.88. The first-order valence-electron chi connectivity index (χ1n) is 4.72. The molecule has 0 aromatic heterocycles. The van der Waals surface area contributed by atoms with Crippen molar-refractivity contribution in [1.82, 2.24) is 4.90 Å². The SMILES string of the molecule is CC(C)(C)OC(=O)N1C=CC=CC(N)=C1. The minimum atomic E-state index is -0.507. The van der Waals surface area contributed by atoms with Crippen LogP contribution in [0.1, 0.15) is 20.8 Å². The molecule has 0 bridgehead atoms. The third-order valence-corrected chi connectivity index (χ3v) is 1.54. The van der Waals surface area contributed by atoms with Gasteiger partial charge in [0.1, 0.15) is 5.60 Å². The molecule has 1 aliphatic rings. The lowest BCUT2D eigenvalue weighted by atomic mass is 10.2. The Morgan fingerprint density at radius 2 is 2.07 bits per heavy atom. The molecule has 1 aliphatic heterocycles. The van der Waals surface area contributed by atoms with Crippen molar-refractivity contribution in [2.45, 2.75) is 26.4 Å². The molecule has 1 heterocycles. The van der Waals surface area contributed by atoms with Crippen LogP contribution in [0.3, 0.4) is 0 Å². The fourth-order valence-electron chi connectivity index (χ4n) is 0.984. The summed E-state index contributed by atoms with van der Waals surface area (Å²) in [6.07, 6.45) is 7.88. The summed E-state index contributed by atoms with van der Waals surface area (Å²) in [4.78, 5) is 13.0. The molecule has 1 amide bonds. The van der Waals surface area contributed by atoms with Gasteiger partial charge in [0.25, 0.3) is 0 Å². The van der Waals surface area contributed by atoms with Crippen LogP contribution >= 0.6 is 0 Å². The zero-order valence-corrected chi connectivity index (χ0v) is 9.23. The Morgan fingerprint density at radius 3 is 2.67 bits per heavy atom. The van der Waals surface area contributed by atoms with Gasteiger partial charge in [-0.1, -0.05) is 6.08 Å². The summed E-state index contributed by atoms with van der Waals surface area (Å²) in [7, 11) is 0. The van der Waals surface area contributed by atoms with Gasteiger partial charge in [0.2, 0.25) is 0 Å². The Bertz CT molecular complexity index is 335. The molecule has 0 aliphatic carbocycles. The van der Waals surface area contributed by atoms with Crippen LogP contribution in [0.4, 0.5) is 4.79 Å². The highest BCUT2D eigenvalue weighted by molar-refractivity contribution is 5.71. The second kappa shape index (κ2) is 4.21. The number of nitrogens with zero attached hydrogens (tertiary/aromatic N) is 1. The summed E-state index contributed by atoms with van der Waals surface area (Å²) in [5, 5.41) is 0. The van der Waals surface area contributed by atoms with E-state index in [0.717, 1.165) is 0 Å². The largest absolute Gasteiger partial charge is 0.443 e. The van der Waals surface area contributed by atoms with Crippen molar-refractivity contribution >= 4 is 6.09 Å². The molecular formula is C11H16N2O2. The molecule has 0 spiro atoms. The number of hydrogen-bond acceptors (Lipinski definition) is 3. The van der Waals surface area contributed by atoms with Gasteiger partial charge in [-0.15, -0.1) is 0 Å². The van der Waals surface area contributed by atoms with E-state index in [1.807, 2.05) is 20.8 Å². The van der Waals surface area contributed by atoms with Gasteiger partial charge in [0, 0.05) is 18.1 Å². The molecule has 0 aromatic rings. The third kappa shape index (κ3) is 3.89. The molecule has 4 nitrogen and oxygen atoms in total. The molecule has 0 fully saturated rings. The third-order valence-electron chi connectivity index (χ3n) is 1.54. The summed E-state index contributed by atoms with van der Waals surface area (Å²) in [6.45, 7) is 5.45. The number of nitrogens with two attached hydrogens (primary N) is 1. The predicted molar refractivity (Wildman–Crippen MR) is 58.6 cm³/mol. The quantitative estimate of drug-likeness (QED) is 0.663. The standard InChI is InChI=1S/C11H16N2O2/c1-11(2,3)15-10(14)13-7-5-4-6-9(12)8-13/h4-8H,12H2,1-3H3. The van der Waals surface area contributed by atoms with Crippen LogP contribution in [-0.2, 0) is 4.74 Å². The maximum absolute atomic E-state index is 11.6. The van der Waals surface area contributed by atoms with Crippen molar-refractivity contribution in [2.24, 2.45) is 5.73 Å². The van der Waals surface area contributed by atoms with Crippen LogP contribution in [0.2, 0.25) is 0 Å². The second-order valence-electron chi connectivity index (χ2n) is 4.22. The van der Waals surface area contributed by atoms with Gasteiger partial charge in [-0.3, -0.25) is 4.90 Å². The van der Waals surface area contributed by atoms with Crippen molar-refractivity contribution < 1.29 is 9.53 Å². The number of allylic oxidation sites excluding steroid dienone is 3. The molecule has 0 saturated heterocycles. The Morgan fingerprint density at radius 1 is 1.40 bits per heavy atom. The molecule has 0 radical (unpaired) electrons. The maximum Gasteiger partial charge on any atom is 0.418 e. The van der Waals surface area contributed by atoms with Crippen LogP contribution in [0, 0.1) is 0 Å². The van der Waals surface area contributed by atoms with E-state index in [1.165, 1.54) is 11.1 Å². The van der Waals surface area contributed by atoms with Crippen LogP contribution in [0.15, 0.2) is 36.3 Å². The first-order valence-corrected chi connectivity index (χ1v) is 4.72. The van der Waals surface area contributed by atoms with Gasteiger partial charge in [-0.05, 0) is 32.9 Å². The zero-order valence-electron chi connectivity index (χ0n) is 9.23. The molecule has 4 heteroatoms. The van der Waals surface area contributed by atoms with E-state index in [-0.39, 0.29) is 0 Å². The van der Waals surface area contributed by atoms with Crippen molar-refractivity contribution in [3.63, 3.8) is 0 Å². The van der Waals surface area contributed by atoms with Crippen molar-refractivity contribution in [3.05, 3.63) is 36.3 Å². The predicted octanol–water partition coefficient (Wildman–Crippen LogP) is 2.11. The average Bonchev–Trinajstić information content (AvgIpc) is 2.26. The molecule has 1 rings (SSSR count). The number of amides is 1. The van der Waals surface area contributed by atoms with Crippen molar-refractivity contribution in [3.8, 4) is 0 Å². The van der Waals surface area contributed by atoms with E-state index in [0.29, 0.717) is 5.70 Å². The summed E-state index contributed by atoms with van der Waals surface area (Å²) in [6, 6.07) is 0. The smallest absolute Gasteiger partial charge is 0.418 e. The normalized spacial score (nSPS) is 15.9. The molecular weight excluding hydrogens is 192 g/mol. The summed E-state index contributed by atoms with van der Waals surface area (Å²) in [5.74, 6) is 0. The van der Waals surface area contributed by atoms with E-state index < -0.39 is 11.7 Å². The van der Waals surface area contributed by atoms with Gasteiger partial charge < -0.3 is 10.5 Å². The maximum atomic E-state index is 11.6. The van der Waals surface area contributed by atoms with Crippen LogP contribution < -0.4 is 5.73 Å². The number of rotatable bonds is 0. The highest BCUT2D eigenvalue weighted by Gasteiger charge is 2.19. The molecule has 82 valence electrons. The van der Waals surface area contributed by atoms with Gasteiger partial charge >= 0.3 is 6.09 Å². The van der Waals surface area contributed by atoms with E-state index in [2.05, 4.69) is 0 Å². The highest BCUT2D eigenvalue weighted by atomic mass is 16.6. The number of hydrogen-bond donors (Lipinski definition) is 1. The Kier molecular flexibility index (Phi) is 3.19. The Labute approximate surface area is 89.7 Å². The molecule has 0 saturated carbocycles. The lowest BCUT2D eigenvalue weighted by Crippen LogP contribution is -2.31. The fraction of sp³-hybridized carbons (Fsp3) is 0.364. The molecule has 2 N–H and O–H groups in total. The zero-order chi connectivity index (χ0) is 11.5. The average molecular weight is 208 g/mol. The minimum absolute atomic E-state index is 0.439. The van der Waals surface area contributed by atoms with Gasteiger partial charge in [0.05, 0.1) is 0 Å². The summed E-state index contributed by atoms with van der Waals surface area (Å²) >= 11 is 0. The van der Waals surface area contributed by atoms with Gasteiger partial charge in [-0.2, -0.15) is 0 Å². The fourth-order valence-corrected chi connectivity index (χ4v) is 0.984. The monoisotopic (exact) mass is 208 g/mol. The van der Waals surface area contributed by atoms with E-state index >= 15 is 0 Å². The lowest BCUT2D eigenvalue weighted by Gasteiger charge is -2.23. The number of ether oxygens (including phenoxy) is 1. The highest BCUT2D eigenvalue weighted by Crippen LogP contribution is 2.12. The lowest BCUT2D eigenvalue weighted by molar-refractivity contribution is 0.0399. The van der Waals surface area contributed by atoms with Crippen molar-refractivity contribution in [1.29, 1.82) is 0 Å². The van der Waals surface area contributed by atoms with Crippen molar-refractivity contribution in [2.75, 3.05) is 0 Å². The van der Waals surface area contributed by atoms with Gasteiger partial charge in [-0.25, -0.2) is 4.79 Å². The summed E-state index contributed by atoms with van der Waals surface area (Å²) < 4.78 is 5.19. The Hall–Kier alpha value is -1.71. The molecule has 15 heavy (non-hydrogen) atoms. The molecule has 0 aromatic carbocycles. The Balaban J connectivity index is 2.72.